The van der Waals surface area contributed by atoms with Gasteiger partial charge in [0.25, 0.3) is 0 Å². The van der Waals surface area contributed by atoms with E-state index in [-0.39, 0.29) is 0 Å². The van der Waals surface area contributed by atoms with Crippen molar-refractivity contribution in [3.05, 3.63) is 42.5 Å². The minimum absolute atomic E-state index is 0.942. The Hall–Kier alpha value is -0.320. The van der Waals surface area contributed by atoms with Gasteiger partial charge in [-0.1, -0.05) is 0 Å². The Labute approximate surface area is 149 Å². The molecule has 1 aromatic carbocycles. The zero-order chi connectivity index (χ0) is 17.2. The second kappa shape index (κ2) is 9.85. The Morgan fingerprint density at radius 2 is 1.30 bits per heavy atom. The van der Waals surface area contributed by atoms with E-state index in [0.29, 0.717) is 0 Å². The molecule has 0 nitrogen and oxygen atoms in total. The van der Waals surface area contributed by atoms with Crippen molar-refractivity contribution in [3.63, 3.8) is 0 Å². The molecule has 132 valence electrons. The Morgan fingerprint density at radius 1 is 0.870 bits per heavy atom. The van der Waals surface area contributed by atoms with Gasteiger partial charge in [0.1, 0.15) is 0 Å². The van der Waals surface area contributed by atoms with E-state index in [0.717, 1.165) is 6.42 Å². The van der Waals surface area contributed by atoms with Crippen LogP contribution in [0.1, 0.15) is 64.9 Å². The molecule has 0 fully saturated rings. The van der Waals surface area contributed by atoms with Crippen LogP contribution in [0.15, 0.2) is 36.9 Å². The molecule has 1 rings (SSSR count). The van der Waals surface area contributed by atoms with Crippen LogP contribution in [0.4, 0.5) is 0 Å². The van der Waals surface area contributed by atoms with E-state index >= 15 is 0 Å². The first-order valence-electron chi connectivity index (χ1n) is 9.45. The van der Waals surface area contributed by atoms with Gasteiger partial charge >= 0.3 is 149 Å². The molecule has 2 heteroatoms. The molecule has 0 amide bonds. The van der Waals surface area contributed by atoms with Gasteiger partial charge in [0.2, 0.25) is 0 Å². The van der Waals surface area contributed by atoms with Crippen molar-refractivity contribution in [3.8, 4) is 0 Å². The summed E-state index contributed by atoms with van der Waals surface area (Å²) in [6, 6.07) is 9.21. The van der Waals surface area contributed by atoms with E-state index in [9.17, 15) is 0 Å². The fraction of sp³-hybridized carbons (Fsp3) is 0.619. The van der Waals surface area contributed by atoms with Crippen LogP contribution < -0.4 is 5.30 Å². The van der Waals surface area contributed by atoms with Crippen molar-refractivity contribution in [2.45, 2.75) is 65.7 Å². The van der Waals surface area contributed by atoms with E-state index in [2.05, 4.69) is 51.6 Å². The van der Waals surface area contributed by atoms with E-state index in [1.54, 1.807) is 0 Å². The van der Waals surface area contributed by atoms with Gasteiger partial charge in [-0.2, -0.15) is 0 Å². The van der Waals surface area contributed by atoms with Gasteiger partial charge in [0.05, 0.1) is 0 Å². The summed E-state index contributed by atoms with van der Waals surface area (Å²) in [5.41, 5.74) is 1.34. The number of hydrogen-bond acceptors (Lipinski definition) is 0. The molecule has 0 unspecified atom stereocenters. The molecule has 0 spiro atoms. The van der Waals surface area contributed by atoms with Crippen molar-refractivity contribution in [2.75, 3.05) is 18.5 Å². The van der Waals surface area contributed by atoms with Gasteiger partial charge in [-0.05, 0) is 0 Å². The van der Waals surface area contributed by atoms with Crippen LogP contribution in [0.2, 0.25) is 0 Å². The summed E-state index contributed by atoms with van der Waals surface area (Å²) in [6.45, 7) is 10.7. The monoisotopic (exact) mass is 354 g/mol. The second-order valence-corrected chi connectivity index (χ2v) is 14.7. The minimum atomic E-state index is -2.33. The maximum atomic E-state index is 7.70. The van der Waals surface area contributed by atoms with Crippen molar-refractivity contribution in [1.29, 1.82) is 0 Å². The summed E-state index contributed by atoms with van der Waals surface area (Å²) in [5, 5.41) is 1.46. The van der Waals surface area contributed by atoms with Crippen LogP contribution in [0.25, 0.3) is 0 Å². The van der Waals surface area contributed by atoms with E-state index in [1.165, 1.54) is 67.9 Å². The van der Waals surface area contributed by atoms with Gasteiger partial charge in [0, 0.05) is 0 Å². The summed E-state index contributed by atoms with van der Waals surface area (Å²) in [5.74, 6) is -2.33. The first kappa shape index (κ1) is 20.7. The van der Waals surface area contributed by atoms with Crippen molar-refractivity contribution in [1.82, 2.24) is 0 Å². The van der Waals surface area contributed by atoms with Gasteiger partial charge in [0.15, 0.2) is 0 Å². The Kier molecular flexibility index (Phi) is 8.88. The molecule has 0 heterocycles. The van der Waals surface area contributed by atoms with Crippen molar-refractivity contribution in [2.24, 2.45) is 0 Å². The molecule has 0 aromatic heterocycles. The number of benzene rings is 1. The molecule has 0 saturated heterocycles. The van der Waals surface area contributed by atoms with Crippen LogP contribution in [-0.2, 0) is 6.42 Å². The van der Waals surface area contributed by atoms with E-state index < -0.39 is 5.96 Å². The quantitative estimate of drug-likeness (QED) is 0.276. The second-order valence-electron chi connectivity index (χ2n) is 6.98. The Bertz CT molecular complexity index is 439. The standard InChI is InChI=1S/C21H36ClP/c1-5-9-17-23(22,18-10-6-2,19-11-7-3)21-15-13-20(12-8-4)14-16-21/h8,13-16H,4-7,9-12,17-19H2,1-3H3. The van der Waals surface area contributed by atoms with Crippen LogP contribution in [-0.4, -0.2) is 18.5 Å². The molecule has 0 aliphatic heterocycles. The van der Waals surface area contributed by atoms with E-state index in [1.807, 2.05) is 6.08 Å². The number of allylic oxidation sites excluding steroid dienone is 1. The molecule has 0 atom stereocenters. The molecular formula is C21H36ClP. The first-order chi connectivity index (χ1) is 11.0. The molecule has 0 aliphatic rings. The van der Waals surface area contributed by atoms with Crippen molar-refractivity contribution < 1.29 is 0 Å². The molecule has 0 radical (unpaired) electrons. The molecule has 0 aliphatic carbocycles. The third-order valence-electron chi connectivity index (χ3n) is 5.03. The van der Waals surface area contributed by atoms with Gasteiger partial charge in [-0.15, -0.1) is 0 Å². The average Bonchev–Trinajstić information content (AvgIpc) is 2.58. The fourth-order valence-electron chi connectivity index (χ4n) is 3.46. The van der Waals surface area contributed by atoms with Gasteiger partial charge in [-0.25, -0.2) is 0 Å². The number of halogens is 1. The average molecular weight is 355 g/mol. The van der Waals surface area contributed by atoms with Crippen LogP contribution in [0.5, 0.6) is 0 Å². The molecule has 0 bridgehead atoms. The maximum absolute atomic E-state index is 7.70. The number of hydrogen-bond donors (Lipinski definition) is 0. The topological polar surface area (TPSA) is 0 Å². The molecular weight excluding hydrogens is 319 g/mol. The third-order valence-corrected chi connectivity index (χ3v) is 12.8. The number of rotatable bonds is 12. The van der Waals surface area contributed by atoms with Crippen LogP contribution in [0.3, 0.4) is 0 Å². The normalized spacial score (nSPS) is 13.5. The summed E-state index contributed by atoms with van der Waals surface area (Å²) in [7, 11) is 0. The zero-order valence-electron chi connectivity index (χ0n) is 15.5. The third kappa shape index (κ3) is 5.61. The van der Waals surface area contributed by atoms with Gasteiger partial charge in [-0.3, -0.25) is 0 Å². The summed E-state index contributed by atoms with van der Waals surface area (Å²) in [4.78, 5) is 0. The molecule has 23 heavy (non-hydrogen) atoms. The summed E-state index contributed by atoms with van der Waals surface area (Å²) in [6.07, 6.45) is 14.0. The Morgan fingerprint density at radius 3 is 1.65 bits per heavy atom. The summed E-state index contributed by atoms with van der Waals surface area (Å²) < 4.78 is 0. The predicted molar refractivity (Wildman–Crippen MR) is 112 cm³/mol. The van der Waals surface area contributed by atoms with Crippen LogP contribution in [0, 0.1) is 0 Å². The van der Waals surface area contributed by atoms with Crippen molar-refractivity contribution >= 4 is 22.5 Å². The predicted octanol–water partition coefficient (Wildman–Crippen LogP) is 7.15. The molecule has 0 N–H and O–H groups in total. The number of unbranched alkanes of at least 4 members (excludes halogenated alkanes) is 3. The Balaban J connectivity index is 3.23. The SMILES string of the molecule is C=CCc1ccc(P(Cl)(CCCC)(CCCC)CCCC)cc1. The van der Waals surface area contributed by atoms with Gasteiger partial charge < -0.3 is 0 Å². The van der Waals surface area contributed by atoms with E-state index in [4.69, 9.17) is 11.2 Å². The zero-order valence-corrected chi connectivity index (χ0v) is 17.1. The van der Waals surface area contributed by atoms with Crippen LogP contribution >= 0.6 is 17.2 Å². The first-order valence-corrected chi connectivity index (χ1v) is 13.2. The molecule has 0 saturated carbocycles. The fourth-order valence-corrected chi connectivity index (χ4v) is 10.3. The summed E-state index contributed by atoms with van der Waals surface area (Å²) >= 11 is 7.70. The molecule has 1 aromatic rings.